The van der Waals surface area contributed by atoms with Gasteiger partial charge in [0.05, 0.1) is 22.7 Å². The van der Waals surface area contributed by atoms with E-state index in [9.17, 15) is 9.90 Å². The second-order valence-electron chi connectivity index (χ2n) is 6.85. The Morgan fingerprint density at radius 3 is 2.78 bits per heavy atom. The molecule has 0 saturated heterocycles. The van der Waals surface area contributed by atoms with Crippen LogP contribution in [0.3, 0.4) is 0 Å². The molecule has 0 spiro atoms. The van der Waals surface area contributed by atoms with Crippen molar-refractivity contribution < 1.29 is 18.7 Å². The Hall–Kier alpha value is -3.83. The van der Waals surface area contributed by atoms with Gasteiger partial charge in [0.1, 0.15) is 5.58 Å². The van der Waals surface area contributed by atoms with Crippen LogP contribution in [0.1, 0.15) is 0 Å². The number of hydrogen-bond acceptors (Lipinski definition) is 8. The molecular weight excluding hydrogens is 498 g/mol. The average Bonchev–Trinajstić information content (AvgIpc) is 3.47. The maximum atomic E-state index is 12.5. The molecule has 6 rings (SSSR count). The van der Waals surface area contributed by atoms with Crippen molar-refractivity contribution in [2.45, 2.75) is 0 Å². The predicted molar refractivity (Wildman–Crippen MR) is 117 cm³/mol. The molecular formula is C21H10BrN5O4S. The van der Waals surface area contributed by atoms with Gasteiger partial charge in [-0.2, -0.15) is 0 Å². The van der Waals surface area contributed by atoms with Gasteiger partial charge in [0.2, 0.25) is 15.7 Å². The minimum atomic E-state index is -0.605. The fourth-order valence-electron chi connectivity index (χ4n) is 3.37. The van der Waals surface area contributed by atoms with Gasteiger partial charge in [-0.1, -0.05) is 45.5 Å². The smallest absolute Gasteiger partial charge is 0.345 e. The van der Waals surface area contributed by atoms with E-state index in [4.69, 9.17) is 8.94 Å². The van der Waals surface area contributed by atoms with E-state index in [0.29, 0.717) is 32.5 Å². The van der Waals surface area contributed by atoms with E-state index in [1.165, 1.54) is 20.5 Å². The molecule has 0 atom stereocenters. The first-order valence-corrected chi connectivity index (χ1v) is 10.9. The molecule has 11 heteroatoms. The zero-order valence-electron chi connectivity index (χ0n) is 15.9. The van der Waals surface area contributed by atoms with Gasteiger partial charge in [-0.25, -0.2) is 14.3 Å². The molecule has 9 nitrogen and oxygen atoms in total. The second-order valence-corrected chi connectivity index (χ2v) is 8.72. The number of rotatable bonds is 3. The topological polar surface area (TPSA) is 113 Å². The van der Waals surface area contributed by atoms with Crippen LogP contribution < -0.4 is 15.4 Å². The fourth-order valence-corrected chi connectivity index (χ4v) is 4.65. The lowest BCUT2D eigenvalue weighted by molar-refractivity contribution is -0.660. The number of imidazole rings is 1. The van der Waals surface area contributed by atoms with Crippen molar-refractivity contribution >= 4 is 43.2 Å². The molecule has 0 aliphatic rings. The Morgan fingerprint density at radius 1 is 1.12 bits per heavy atom. The van der Waals surface area contributed by atoms with E-state index >= 15 is 0 Å². The Balaban J connectivity index is 1.45. The Kier molecular flexibility index (Phi) is 4.20. The van der Waals surface area contributed by atoms with Crippen LogP contribution in [-0.2, 0) is 0 Å². The van der Waals surface area contributed by atoms with Crippen molar-refractivity contribution in [1.82, 2.24) is 19.9 Å². The van der Waals surface area contributed by atoms with Gasteiger partial charge in [0.15, 0.2) is 5.95 Å². The summed E-state index contributed by atoms with van der Waals surface area (Å²) in [6.45, 7) is 0. The first kappa shape index (κ1) is 18.9. The number of hydrogen-bond donors (Lipinski definition) is 0. The minimum absolute atomic E-state index is 0.198. The highest BCUT2D eigenvalue weighted by Crippen LogP contribution is 2.30. The summed E-state index contributed by atoms with van der Waals surface area (Å²) < 4.78 is 14.1. The van der Waals surface area contributed by atoms with Crippen LogP contribution in [0.5, 0.6) is 5.95 Å². The van der Waals surface area contributed by atoms with E-state index in [1.807, 2.05) is 24.3 Å². The number of fused-ring (bicyclic) bond motifs is 2. The van der Waals surface area contributed by atoms with Gasteiger partial charge >= 0.3 is 11.3 Å². The molecule has 6 aromatic rings. The first-order chi connectivity index (χ1) is 15.6. The summed E-state index contributed by atoms with van der Waals surface area (Å²) in [5.74, 6) is -0.605. The van der Waals surface area contributed by atoms with Crippen LogP contribution in [0.25, 0.3) is 43.6 Å². The van der Waals surface area contributed by atoms with Gasteiger partial charge in [-0.15, -0.1) is 5.10 Å². The number of para-hydroxylation sites is 1. The van der Waals surface area contributed by atoms with Crippen molar-refractivity contribution in [3.8, 4) is 33.6 Å². The third kappa shape index (κ3) is 3.01. The summed E-state index contributed by atoms with van der Waals surface area (Å²) >= 11 is 4.61. The van der Waals surface area contributed by atoms with Crippen LogP contribution in [0, 0.1) is 0 Å². The number of aromatic nitrogens is 5. The molecule has 0 radical (unpaired) electrons. The van der Waals surface area contributed by atoms with E-state index in [1.54, 1.807) is 36.5 Å². The monoisotopic (exact) mass is 507 g/mol. The average molecular weight is 508 g/mol. The van der Waals surface area contributed by atoms with Crippen molar-refractivity contribution in [3.05, 3.63) is 75.7 Å². The Bertz CT molecular complexity index is 1650. The summed E-state index contributed by atoms with van der Waals surface area (Å²) in [5, 5.41) is 21.8. The van der Waals surface area contributed by atoms with E-state index in [0.717, 1.165) is 9.86 Å². The van der Waals surface area contributed by atoms with E-state index in [2.05, 4.69) is 31.3 Å². The normalized spacial score (nSPS) is 11.5. The molecule has 0 N–H and O–H groups in total. The van der Waals surface area contributed by atoms with Crippen LogP contribution >= 0.6 is 27.3 Å². The molecule has 4 aromatic heterocycles. The van der Waals surface area contributed by atoms with Crippen LogP contribution in [0.4, 0.5) is 0 Å². The molecule has 156 valence electrons. The van der Waals surface area contributed by atoms with Crippen molar-refractivity contribution in [1.29, 1.82) is 0 Å². The van der Waals surface area contributed by atoms with Crippen LogP contribution in [0.2, 0.25) is 0 Å². The summed E-state index contributed by atoms with van der Waals surface area (Å²) in [6.07, 6.45) is 1.62. The number of benzene rings is 2. The van der Waals surface area contributed by atoms with Crippen molar-refractivity contribution in [2.24, 2.45) is 0 Å². The molecule has 0 unspecified atom stereocenters. The molecule has 32 heavy (non-hydrogen) atoms. The van der Waals surface area contributed by atoms with E-state index in [-0.39, 0.29) is 5.69 Å². The predicted octanol–water partition coefficient (Wildman–Crippen LogP) is 3.33. The summed E-state index contributed by atoms with van der Waals surface area (Å²) in [4.78, 5) is 17.5. The maximum Gasteiger partial charge on any atom is 0.345 e. The van der Waals surface area contributed by atoms with E-state index < -0.39 is 11.6 Å². The van der Waals surface area contributed by atoms with Crippen LogP contribution in [-0.4, -0.2) is 19.9 Å². The maximum absolute atomic E-state index is 12.5. The SMILES string of the molecule is O=c1oc2ccc(Br)cc2cc1-c1cn2nc(-c3c([O-])on[n+]3-c3ccccc3)sc2n1. The number of halogens is 1. The van der Waals surface area contributed by atoms with Crippen molar-refractivity contribution in [2.75, 3.05) is 0 Å². The molecule has 0 aliphatic carbocycles. The Morgan fingerprint density at radius 2 is 1.97 bits per heavy atom. The summed E-state index contributed by atoms with van der Waals surface area (Å²) in [7, 11) is 0. The van der Waals surface area contributed by atoms with Crippen LogP contribution in [0.15, 0.2) is 79.0 Å². The molecule has 2 aromatic carbocycles. The standard InChI is InChI=1S/C21H10BrN5O4S/c22-12-6-7-16-11(8-12)9-14(19(28)30-16)15-10-26-21(23-15)32-18(24-26)17-20(29)31-25-27(17)13-4-2-1-3-5-13/h1-10H. The molecule has 0 bridgehead atoms. The van der Waals surface area contributed by atoms with Gasteiger partial charge < -0.3 is 14.0 Å². The highest BCUT2D eigenvalue weighted by Gasteiger charge is 2.26. The van der Waals surface area contributed by atoms with Crippen molar-refractivity contribution in [3.63, 3.8) is 0 Å². The third-order valence-corrected chi connectivity index (χ3v) is 6.25. The van der Waals surface area contributed by atoms with Gasteiger partial charge in [0, 0.05) is 22.0 Å². The molecule has 0 aliphatic heterocycles. The van der Waals surface area contributed by atoms with Gasteiger partial charge in [0.25, 0.3) is 0 Å². The fraction of sp³-hybridized carbons (Fsp3) is 0. The highest BCUT2D eigenvalue weighted by atomic mass is 79.9. The molecule has 0 fully saturated rings. The quantitative estimate of drug-likeness (QED) is 0.266. The summed E-state index contributed by atoms with van der Waals surface area (Å²) in [5.41, 5.74) is 1.61. The Labute approximate surface area is 190 Å². The molecule has 4 heterocycles. The largest absolute Gasteiger partial charge is 0.539 e. The molecule has 0 saturated carbocycles. The van der Waals surface area contributed by atoms with Gasteiger partial charge in [-0.3, -0.25) is 0 Å². The first-order valence-electron chi connectivity index (χ1n) is 9.32. The van der Waals surface area contributed by atoms with Gasteiger partial charge in [-0.05, 0) is 28.9 Å². The lowest BCUT2D eigenvalue weighted by atomic mass is 10.1. The third-order valence-electron chi connectivity index (χ3n) is 4.83. The lowest BCUT2D eigenvalue weighted by Gasteiger charge is -2.00. The number of nitrogens with zero attached hydrogens (tertiary/aromatic N) is 5. The zero-order chi connectivity index (χ0) is 21.8. The minimum Gasteiger partial charge on any atom is -0.539 e. The summed E-state index contributed by atoms with van der Waals surface area (Å²) in [6, 6.07) is 16.3. The molecule has 0 amide bonds. The zero-order valence-corrected chi connectivity index (χ0v) is 18.3. The highest BCUT2D eigenvalue weighted by molar-refractivity contribution is 9.10. The second kappa shape index (κ2) is 7.11. The lowest BCUT2D eigenvalue weighted by Crippen LogP contribution is -2.34.